The first-order chi connectivity index (χ1) is 24.4. The van der Waals surface area contributed by atoms with E-state index in [1.165, 1.54) is 35.7 Å². The number of thioether (sulfide) groups is 2. The molecule has 0 bridgehead atoms. The van der Waals surface area contributed by atoms with Crippen LogP contribution in [0.3, 0.4) is 0 Å². The fourth-order valence-corrected chi connectivity index (χ4v) is 7.85. The zero-order valence-corrected chi connectivity index (χ0v) is 32.7. The van der Waals surface area contributed by atoms with Crippen LogP contribution in [0.25, 0.3) is 0 Å². The van der Waals surface area contributed by atoms with Crippen LogP contribution in [0.4, 0.5) is 30.2 Å². The van der Waals surface area contributed by atoms with Crippen LogP contribution < -0.4 is 17.2 Å². The molecule has 2 heterocycles. The van der Waals surface area contributed by atoms with Crippen molar-refractivity contribution in [3.05, 3.63) is 109 Å². The molecule has 0 aromatic heterocycles. The highest BCUT2D eigenvalue weighted by Crippen LogP contribution is 2.39. The molecule has 0 spiro atoms. The van der Waals surface area contributed by atoms with Crippen molar-refractivity contribution in [2.24, 2.45) is 26.4 Å². The van der Waals surface area contributed by atoms with E-state index in [2.05, 4.69) is 32.4 Å². The Morgan fingerprint density at radius 3 is 1.76 bits per heavy atom. The number of nitro groups is 2. The minimum absolute atomic E-state index is 0. The van der Waals surface area contributed by atoms with Crippen LogP contribution in [0.15, 0.2) is 69.6 Å². The lowest BCUT2D eigenvalue weighted by Crippen LogP contribution is -2.29. The molecule has 2 aliphatic heterocycles. The van der Waals surface area contributed by atoms with Gasteiger partial charge in [0.2, 0.25) is 0 Å². The van der Waals surface area contributed by atoms with Crippen molar-refractivity contribution in [1.82, 2.24) is 0 Å². The third-order valence-corrected chi connectivity index (χ3v) is 10.2. The van der Waals surface area contributed by atoms with Crippen molar-refractivity contribution >= 4 is 92.3 Å². The molecule has 20 heteroatoms. The first-order valence-corrected chi connectivity index (χ1v) is 18.3. The Morgan fingerprint density at radius 1 is 0.870 bits per heavy atom. The molecule has 12 nitrogen and oxygen atoms in total. The van der Waals surface area contributed by atoms with Gasteiger partial charge in [-0.25, -0.2) is 18.2 Å². The Morgan fingerprint density at radius 2 is 1.31 bits per heavy atom. The van der Waals surface area contributed by atoms with Gasteiger partial charge in [-0.15, -0.1) is 24.0 Å². The molecule has 294 valence electrons. The van der Waals surface area contributed by atoms with E-state index in [1.54, 1.807) is 26.0 Å². The predicted molar refractivity (Wildman–Crippen MR) is 221 cm³/mol. The van der Waals surface area contributed by atoms with Crippen LogP contribution >= 0.6 is 59.7 Å². The average Bonchev–Trinajstić information content (AvgIpc) is 3.06. The van der Waals surface area contributed by atoms with Crippen LogP contribution in [0.2, 0.25) is 0 Å². The van der Waals surface area contributed by atoms with Crippen molar-refractivity contribution in [2.75, 3.05) is 23.1 Å². The molecule has 0 saturated carbocycles. The van der Waals surface area contributed by atoms with E-state index in [4.69, 9.17) is 28.8 Å². The lowest BCUT2D eigenvalue weighted by molar-refractivity contribution is -0.385. The monoisotopic (exact) mass is 848 g/mol. The molecule has 6 N–H and O–H groups in total. The number of anilines is 1. The number of isothiocyanates is 1. The molecule has 0 amide bonds. The van der Waals surface area contributed by atoms with Gasteiger partial charge < -0.3 is 17.2 Å². The van der Waals surface area contributed by atoms with Gasteiger partial charge in [0.05, 0.1) is 31.6 Å². The van der Waals surface area contributed by atoms with Crippen LogP contribution in [0.5, 0.6) is 0 Å². The van der Waals surface area contributed by atoms with Gasteiger partial charge >= 0.3 is 0 Å². The van der Waals surface area contributed by atoms with Crippen molar-refractivity contribution < 1.29 is 23.0 Å². The van der Waals surface area contributed by atoms with Crippen LogP contribution in [-0.4, -0.2) is 42.7 Å². The predicted octanol–water partition coefficient (Wildman–Crippen LogP) is 9.21. The number of rotatable bonds is 8. The highest BCUT2D eigenvalue weighted by molar-refractivity contribution is 8.14. The topological polar surface area (TPSA) is 201 Å². The smallest absolute Gasteiger partial charge is 0.270 e. The summed E-state index contributed by atoms with van der Waals surface area (Å²) in [6.45, 7) is 5.23. The molecule has 0 unspecified atom stereocenters. The molecular weight excluding hydrogens is 809 g/mol. The van der Waals surface area contributed by atoms with Gasteiger partial charge in [0.1, 0.15) is 17.5 Å². The second-order valence-corrected chi connectivity index (χ2v) is 14.9. The van der Waals surface area contributed by atoms with Gasteiger partial charge in [0.15, 0.2) is 10.3 Å². The van der Waals surface area contributed by atoms with Crippen molar-refractivity contribution in [3.8, 4) is 0 Å². The number of nitrogen functional groups attached to an aromatic ring is 1. The number of alkyl halides is 1. The normalized spacial score (nSPS) is 19.8. The summed E-state index contributed by atoms with van der Waals surface area (Å²) in [5, 5.41) is 24.5. The third kappa shape index (κ3) is 12.3. The van der Waals surface area contributed by atoms with Gasteiger partial charge in [-0.1, -0.05) is 31.0 Å². The summed E-state index contributed by atoms with van der Waals surface area (Å²) in [7, 11) is 0. The number of nitrogens with zero attached hydrogens (tertiary/aromatic N) is 5. The Hall–Kier alpha value is -3.93. The van der Waals surface area contributed by atoms with E-state index in [9.17, 15) is 33.4 Å². The standard InChI is InChI=1S/C11H10ClFN2O2S.C11H12FN3O2S.C11H14FN3S.CH4.ClH/c1-11(4-5-12,14-7-18)9-6-8(15(16)17)2-3-10(9)13;1-11(4-5-18-10(13)14-11)8-6-7(15(16)17)2-3-9(8)12;1-11(4-5-16-10(14)15-11)8-6-7(13)2-3-9(8)12;;/h2-3,6H,4-5H2,1H3;2-3,6H,4-5H2,1H3,(H2,13,14);2-3,6H,4-5,13H2,1H3,(H2,14,15);1H4;1H/t3*11-;;/m000../s1. The molecule has 3 atom stereocenters. The van der Waals surface area contributed by atoms with Crippen molar-refractivity contribution in [1.29, 1.82) is 0 Å². The summed E-state index contributed by atoms with van der Waals surface area (Å²) < 4.78 is 41.4. The number of hydrogen-bond acceptors (Lipinski definition) is 13. The van der Waals surface area contributed by atoms with E-state index in [0.29, 0.717) is 40.2 Å². The van der Waals surface area contributed by atoms with Gasteiger partial charge in [-0.2, -0.15) is 0 Å². The molecular formula is C34H41Cl2F3N8O4S3. The van der Waals surface area contributed by atoms with Gasteiger partial charge in [-0.3, -0.25) is 30.2 Å². The van der Waals surface area contributed by atoms with Gasteiger partial charge in [0, 0.05) is 64.0 Å². The number of non-ortho nitro benzene ring substituents is 2. The first kappa shape index (κ1) is 48.1. The highest BCUT2D eigenvalue weighted by Gasteiger charge is 2.34. The molecule has 3 aromatic carbocycles. The summed E-state index contributed by atoms with van der Waals surface area (Å²) >= 11 is 13.1. The number of halogens is 5. The zero-order chi connectivity index (χ0) is 38.9. The van der Waals surface area contributed by atoms with Crippen LogP contribution in [0.1, 0.15) is 64.2 Å². The second-order valence-electron chi connectivity index (χ2n) is 12.1. The Labute approximate surface area is 336 Å². The Kier molecular flexibility index (Phi) is 18.4. The molecule has 0 saturated heterocycles. The van der Waals surface area contributed by atoms with Gasteiger partial charge in [0.25, 0.3) is 11.4 Å². The summed E-state index contributed by atoms with van der Waals surface area (Å²) in [5.74, 6) is 0.432. The lowest BCUT2D eigenvalue weighted by atomic mass is 9.89. The maximum atomic E-state index is 13.9. The largest absolute Gasteiger partial charge is 0.399 e. The number of amidine groups is 2. The minimum atomic E-state index is -1.04. The number of thiocarbonyl (C=S) groups is 1. The molecule has 0 fully saturated rings. The average molecular weight is 850 g/mol. The fraction of sp³-hybridized carbons (Fsp3) is 0.382. The quantitative estimate of drug-likeness (QED) is 0.0490. The molecule has 5 rings (SSSR count). The Balaban J connectivity index is 0.000000398. The highest BCUT2D eigenvalue weighted by atomic mass is 35.5. The maximum Gasteiger partial charge on any atom is 0.270 e. The third-order valence-electron chi connectivity index (χ3n) is 8.32. The second kappa shape index (κ2) is 20.7. The number of nitrogens with two attached hydrogens (primary N) is 3. The van der Waals surface area contributed by atoms with Crippen molar-refractivity contribution in [2.45, 2.75) is 64.1 Å². The number of benzene rings is 3. The minimum Gasteiger partial charge on any atom is -0.399 e. The SMILES string of the molecule is C.C[C@@](CCCl)(N=C=S)c1cc([N+](=O)[O-])ccc1F.C[C@@]1(c2cc(N)ccc2F)CCSC(N)=N1.C[C@@]1(c2cc([N+](=O)[O-])ccc2F)CCSC(N)=N1.Cl. The molecule has 3 aromatic rings. The summed E-state index contributed by atoms with van der Waals surface area (Å²) in [6, 6.07) is 11.3. The van der Waals surface area contributed by atoms with Crippen LogP contribution in [0, 0.1) is 37.7 Å². The lowest BCUT2D eigenvalue weighted by Gasteiger charge is -2.30. The van der Waals surface area contributed by atoms with E-state index in [0.717, 1.165) is 42.5 Å². The molecule has 0 aliphatic carbocycles. The maximum absolute atomic E-state index is 13.9. The van der Waals surface area contributed by atoms with E-state index >= 15 is 0 Å². The number of aliphatic imine (C=N–C) groups is 3. The zero-order valence-electron chi connectivity index (χ0n) is 28.7. The first-order valence-electron chi connectivity index (χ1n) is 15.4. The van der Waals surface area contributed by atoms with E-state index < -0.39 is 38.1 Å². The number of hydrogen-bond donors (Lipinski definition) is 3. The summed E-state index contributed by atoms with van der Waals surface area (Å²) in [5.41, 5.74) is 15.6. The molecule has 2 aliphatic rings. The molecule has 0 radical (unpaired) electrons. The van der Waals surface area contributed by atoms with Crippen LogP contribution in [-0.2, 0) is 16.6 Å². The fourth-order valence-electron chi connectivity index (χ4n) is 5.33. The van der Waals surface area contributed by atoms with E-state index in [1.807, 2.05) is 6.92 Å². The summed E-state index contributed by atoms with van der Waals surface area (Å²) in [6.07, 6.45) is 1.66. The summed E-state index contributed by atoms with van der Waals surface area (Å²) in [4.78, 5) is 32.8. The number of nitro benzene ring substituents is 2. The van der Waals surface area contributed by atoms with E-state index in [-0.39, 0.29) is 54.0 Å². The van der Waals surface area contributed by atoms with Crippen molar-refractivity contribution in [3.63, 3.8) is 0 Å². The Bertz CT molecular complexity index is 1940. The van der Waals surface area contributed by atoms with Gasteiger partial charge in [-0.05, 0) is 82.6 Å². The molecule has 54 heavy (non-hydrogen) atoms.